The normalized spacial score (nSPS) is 15.5. The summed E-state index contributed by atoms with van der Waals surface area (Å²) in [6.07, 6.45) is 9.89. The Hall–Kier alpha value is -1.29. The van der Waals surface area contributed by atoms with Gasteiger partial charge in [0.25, 0.3) is 0 Å². The molecule has 92 valence electrons. The topological polar surface area (TPSA) is 63.8 Å². The van der Waals surface area contributed by atoms with Crippen LogP contribution in [0.15, 0.2) is 18.0 Å². The number of anilines is 2. The largest absolute Gasteiger partial charge is 0.382 e. The highest BCUT2D eigenvalue weighted by Gasteiger charge is 2.07. The van der Waals surface area contributed by atoms with Crippen LogP contribution in [-0.4, -0.2) is 16.5 Å². The summed E-state index contributed by atoms with van der Waals surface area (Å²) in [5.41, 5.74) is 7.13. The number of nitrogens with one attached hydrogen (secondary N) is 1. The van der Waals surface area contributed by atoms with Crippen LogP contribution in [-0.2, 0) is 0 Å². The molecular weight excluding hydrogens is 236 g/mol. The summed E-state index contributed by atoms with van der Waals surface area (Å²) >= 11 is 5.99. The number of aromatic nitrogens is 2. The maximum Gasteiger partial charge on any atom is 0.150 e. The molecule has 0 aliphatic heterocycles. The molecule has 0 aromatic carbocycles. The molecule has 4 nitrogen and oxygen atoms in total. The van der Waals surface area contributed by atoms with Crippen LogP contribution in [0.4, 0.5) is 11.6 Å². The van der Waals surface area contributed by atoms with Gasteiger partial charge < -0.3 is 11.1 Å². The predicted molar refractivity (Wildman–Crippen MR) is 71.1 cm³/mol. The highest BCUT2D eigenvalue weighted by molar-refractivity contribution is 6.35. The molecule has 1 aliphatic rings. The Morgan fingerprint density at radius 1 is 1.35 bits per heavy atom. The van der Waals surface area contributed by atoms with Crippen molar-refractivity contribution >= 4 is 23.2 Å². The third-order valence-corrected chi connectivity index (χ3v) is 3.31. The number of hydrogen-bond donors (Lipinski definition) is 2. The van der Waals surface area contributed by atoms with E-state index < -0.39 is 0 Å². The lowest BCUT2D eigenvalue weighted by Gasteiger charge is -2.13. The summed E-state index contributed by atoms with van der Waals surface area (Å²) in [6.45, 7) is 0.835. The molecule has 0 unspecified atom stereocenters. The first kappa shape index (κ1) is 12.2. The van der Waals surface area contributed by atoms with Crippen molar-refractivity contribution in [1.82, 2.24) is 9.97 Å². The van der Waals surface area contributed by atoms with Crippen molar-refractivity contribution in [3.05, 3.63) is 23.0 Å². The molecule has 5 heteroatoms. The van der Waals surface area contributed by atoms with E-state index in [-0.39, 0.29) is 0 Å². The average Bonchev–Trinajstić information content (AvgIpc) is 2.36. The number of nitrogens with two attached hydrogens (primary N) is 1. The number of rotatable bonds is 4. The molecular formula is C12H17ClN4. The molecule has 17 heavy (non-hydrogen) atoms. The van der Waals surface area contributed by atoms with Crippen LogP contribution in [0, 0.1) is 0 Å². The van der Waals surface area contributed by atoms with E-state index in [2.05, 4.69) is 21.4 Å². The van der Waals surface area contributed by atoms with Crippen LogP contribution >= 0.6 is 11.6 Å². The minimum absolute atomic E-state index is 0.320. The summed E-state index contributed by atoms with van der Waals surface area (Å²) in [5.74, 6) is 0.941. The van der Waals surface area contributed by atoms with Gasteiger partial charge in [-0.2, -0.15) is 0 Å². The molecule has 0 bridgehead atoms. The fourth-order valence-electron chi connectivity index (χ4n) is 1.98. The molecule has 0 spiro atoms. The standard InChI is InChI=1S/C12H17ClN4/c13-10-11(14)16-8-17-12(10)15-7-6-9-4-2-1-3-5-9/h4,8H,1-3,5-7H2,(H3,14,15,16,17). The molecule has 1 heterocycles. The molecule has 2 rings (SSSR count). The van der Waals surface area contributed by atoms with Crippen molar-refractivity contribution in [2.24, 2.45) is 0 Å². The second-order valence-electron chi connectivity index (χ2n) is 4.21. The Balaban J connectivity index is 1.85. The molecule has 0 saturated carbocycles. The summed E-state index contributed by atoms with van der Waals surface area (Å²) < 4.78 is 0. The molecule has 1 aromatic rings. The van der Waals surface area contributed by atoms with Gasteiger partial charge in [-0.3, -0.25) is 0 Å². The lowest BCUT2D eigenvalue weighted by atomic mass is 9.97. The van der Waals surface area contributed by atoms with Crippen LogP contribution in [0.5, 0.6) is 0 Å². The van der Waals surface area contributed by atoms with Crippen LogP contribution < -0.4 is 11.1 Å². The summed E-state index contributed by atoms with van der Waals surface area (Å²) in [7, 11) is 0. The first-order valence-electron chi connectivity index (χ1n) is 5.95. The molecule has 0 fully saturated rings. The van der Waals surface area contributed by atoms with Crippen molar-refractivity contribution in [2.75, 3.05) is 17.6 Å². The van der Waals surface area contributed by atoms with E-state index in [0.29, 0.717) is 16.7 Å². The van der Waals surface area contributed by atoms with E-state index in [0.717, 1.165) is 13.0 Å². The SMILES string of the molecule is Nc1ncnc(NCCC2=CCCCC2)c1Cl. The fourth-order valence-corrected chi connectivity index (χ4v) is 2.14. The maximum atomic E-state index is 5.99. The van der Waals surface area contributed by atoms with Gasteiger partial charge in [0.1, 0.15) is 23.0 Å². The number of nitrogen functional groups attached to an aromatic ring is 1. The summed E-state index contributed by atoms with van der Waals surface area (Å²) in [5, 5.41) is 3.60. The zero-order chi connectivity index (χ0) is 12.1. The first-order valence-corrected chi connectivity index (χ1v) is 6.33. The molecule has 0 amide bonds. The molecule has 0 radical (unpaired) electrons. The third kappa shape index (κ3) is 3.33. The Morgan fingerprint density at radius 2 is 2.24 bits per heavy atom. The van der Waals surface area contributed by atoms with Gasteiger partial charge in [-0.05, 0) is 32.1 Å². The minimum Gasteiger partial charge on any atom is -0.382 e. The van der Waals surface area contributed by atoms with Gasteiger partial charge in [-0.25, -0.2) is 9.97 Å². The van der Waals surface area contributed by atoms with Gasteiger partial charge in [-0.1, -0.05) is 23.3 Å². The fraction of sp³-hybridized carbons (Fsp3) is 0.500. The Kier molecular flexibility index (Phi) is 4.20. The third-order valence-electron chi connectivity index (χ3n) is 2.94. The maximum absolute atomic E-state index is 5.99. The average molecular weight is 253 g/mol. The molecule has 1 aromatic heterocycles. The van der Waals surface area contributed by atoms with Crippen molar-refractivity contribution in [2.45, 2.75) is 32.1 Å². The van der Waals surface area contributed by atoms with Crippen molar-refractivity contribution in [3.63, 3.8) is 0 Å². The van der Waals surface area contributed by atoms with Gasteiger partial charge in [-0.15, -0.1) is 0 Å². The Bertz CT molecular complexity index is 417. The van der Waals surface area contributed by atoms with Crippen LogP contribution in [0.1, 0.15) is 32.1 Å². The minimum atomic E-state index is 0.320. The zero-order valence-corrected chi connectivity index (χ0v) is 10.5. The van der Waals surface area contributed by atoms with Crippen LogP contribution in [0.2, 0.25) is 5.02 Å². The molecule has 0 atom stereocenters. The van der Waals surface area contributed by atoms with Crippen molar-refractivity contribution in [1.29, 1.82) is 0 Å². The number of allylic oxidation sites excluding steroid dienone is 1. The van der Waals surface area contributed by atoms with Gasteiger partial charge in [0.15, 0.2) is 0 Å². The van der Waals surface area contributed by atoms with E-state index in [4.69, 9.17) is 17.3 Å². The van der Waals surface area contributed by atoms with Gasteiger partial charge in [0.2, 0.25) is 0 Å². The first-order chi connectivity index (χ1) is 8.27. The zero-order valence-electron chi connectivity index (χ0n) is 9.75. The number of nitrogens with zero attached hydrogens (tertiary/aromatic N) is 2. The monoisotopic (exact) mass is 252 g/mol. The van der Waals surface area contributed by atoms with Crippen molar-refractivity contribution in [3.8, 4) is 0 Å². The van der Waals surface area contributed by atoms with Gasteiger partial charge >= 0.3 is 0 Å². The predicted octanol–water partition coefficient (Wildman–Crippen LogP) is 3.01. The molecule has 3 N–H and O–H groups in total. The highest BCUT2D eigenvalue weighted by atomic mass is 35.5. The van der Waals surface area contributed by atoms with Crippen LogP contribution in [0.3, 0.4) is 0 Å². The molecule has 0 saturated heterocycles. The second kappa shape index (κ2) is 5.87. The lowest BCUT2D eigenvalue weighted by molar-refractivity contribution is 0.679. The van der Waals surface area contributed by atoms with E-state index in [1.807, 2.05) is 0 Å². The van der Waals surface area contributed by atoms with Gasteiger partial charge in [0.05, 0.1) is 0 Å². The Morgan fingerprint density at radius 3 is 3.00 bits per heavy atom. The number of hydrogen-bond acceptors (Lipinski definition) is 4. The van der Waals surface area contributed by atoms with Gasteiger partial charge in [0, 0.05) is 6.54 Å². The van der Waals surface area contributed by atoms with E-state index >= 15 is 0 Å². The van der Waals surface area contributed by atoms with Crippen molar-refractivity contribution < 1.29 is 0 Å². The van der Waals surface area contributed by atoms with E-state index in [9.17, 15) is 0 Å². The highest BCUT2D eigenvalue weighted by Crippen LogP contribution is 2.24. The number of halogens is 1. The van der Waals surface area contributed by atoms with Crippen LogP contribution in [0.25, 0.3) is 0 Å². The summed E-state index contributed by atoms with van der Waals surface area (Å²) in [4.78, 5) is 7.89. The quantitative estimate of drug-likeness (QED) is 0.809. The van der Waals surface area contributed by atoms with E-state index in [1.54, 1.807) is 0 Å². The Labute approximate surface area is 106 Å². The summed E-state index contributed by atoms with van der Waals surface area (Å²) in [6, 6.07) is 0. The lowest BCUT2D eigenvalue weighted by Crippen LogP contribution is -2.07. The second-order valence-corrected chi connectivity index (χ2v) is 4.58. The van der Waals surface area contributed by atoms with E-state index in [1.165, 1.54) is 37.6 Å². The molecule has 1 aliphatic carbocycles. The smallest absolute Gasteiger partial charge is 0.150 e.